The van der Waals surface area contributed by atoms with Crippen LogP contribution in [0.4, 0.5) is 5.69 Å². The molecule has 0 aromatic carbocycles. The summed E-state index contributed by atoms with van der Waals surface area (Å²) in [6.45, 7) is 5.68. The zero-order chi connectivity index (χ0) is 17.3. The summed E-state index contributed by atoms with van der Waals surface area (Å²) in [6, 6.07) is 7.44. The van der Waals surface area contributed by atoms with Crippen LogP contribution in [0.5, 0.6) is 0 Å². The molecule has 0 bridgehead atoms. The fourth-order valence-electron chi connectivity index (χ4n) is 2.62. The predicted octanol–water partition coefficient (Wildman–Crippen LogP) is 1.15. The number of ether oxygens (including phenoxy) is 1. The van der Waals surface area contributed by atoms with E-state index in [1.807, 2.05) is 24.3 Å². The highest BCUT2D eigenvalue weighted by Crippen LogP contribution is 2.08. The monoisotopic (exact) mass is 341 g/mol. The van der Waals surface area contributed by atoms with E-state index in [1.165, 1.54) is 0 Å². The lowest BCUT2D eigenvalue weighted by Gasteiger charge is -2.26. The van der Waals surface area contributed by atoms with Crippen LogP contribution < -0.4 is 10.6 Å². The smallest absolute Gasteiger partial charge is 0.253 e. The van der Waals surface area contributed by atoms with Gasteiger partial charge in [-0.3, -0.25) is 19.7 Å². The summed E-state index contributed by atoms with van der Waals surface area (Å²) in [5, 5.41) is 6.18. The third-order valence-electron chi connectivity index (χ3n) is 4.02. The van der Waals surface area contributed by atoms with E-state index >= 15 is 0 Å². The van der Waals surface area contributed by atoms with Crippen LogP contribution in [0, 0.1) is 0 Å². The predicted molar refractivity (Wildman–Crippen MR) is 95.4 cm³/mol. The minimum absolute atomic E-state index is 0.157. The van der Waals surface area contributed by atoms with Crippen molar-refractivity contribution in [1.82, 2.24) is 20.2 Å². The highest BCUT2D eigenvalue weighted by molar-refractivity contribution is 5.94. The quantitative estimate of drug-likeness (QED) is 0.786. The molecule has 7 nitrogen and oxygen atoms in total. The molecular formula is C18H23N5O2. The minimum atomic E-state index is -0.157. The van der Waals surface area contributed by atoms with Crippen LogP contribution in [0.3, 0.4) is 0 Å². The number of hydrogen-bond acceptors (Lipinski definition) is 6. The zero-order valence-electron chi connectivity index (χ0n) is 14.1. The van der Waals surface area contributed by atoms with Crippen molar-refractivity contribution in [1.29, 1.82) is 0 Å². The van der Waals surface area contributed by atoms with E-state index in [9.17, 15) is 4.79 Å². The molecule has 1 fully saturated rings. The molecule has 0 radical (unpaired) electrons. The summed E-state index contributed by atoms with van der Waals surface area (Å²) in [6.07, 6.45) is 5.01. The number of rotatable bonds is 7. The maximum atomic E-state index is 12.3. The highest BCUT2D eigenvalue weighted by atomic mass is 16.5. The van der Waals surface area contributed by atoms with Gasteiger partial charge in [-0.25, -0.2) is 0 Å². The average Bonchev–Trinajstić information content (AvgIpc) is 2.68. The van der Waals surface area contributed by atoms with Crippen molar-refractivity contribution in [2.45, 2.75) is 6.54 Å². The molecule has 2 aromatic rings. The van der Waals surface area contributed by atoms with Crippen LogP contribution in [0.25, 0.3) is 0 Å². The Bertz CT molecular complexity index is 674. The molecule has 0 spiro atoms. The number of pyridine rings is 2. The molecule has 25 heavy (non-hydrogen) atoms. The van der Waals surface area contributed by atoms with Gasteiger partial charge in [0.1, 0.15) is 0 Å². The molecule has 2 aromatic heterocycles. The van der Waals surface area contributed by atoms with Gasteiger partial charge in [0.25, 0.3) is 5.91 Å². The summed E-state index contributed by atoms with van der Waals surface area (Å²) < 4.78 is 5.34. The Balaban J connectivity index is 1.47. The molecule has 3 rings (SSSR count). The van der Waals surface area contributed by atoms with Crippen molar-refractivity contribution in [2.24, 2.45) is 0 Å². The Morgan fingerprint density at radius 2 is 2.12 bits per heavy atom. The summed E-state index contributed by atoms with van der Waals surface area (Å²) in [4.78, 5) is 23.0. The van der Waals surface area contributed by atoms with Crippen LogP contribution in [0.2, 0.25) is 0 Å². The van der Waals surface area contributed by atoms with E-state index in [4.69, 9.17) is 4.74 Å². The van der Waals surface area contributed by atoms with Crippen LogP contribution in [0.1, 0.15) is 16.1 Å². The molecule has 7 heteroatoms. The number of amides is 1. The number of morpholine rings is 1. The summed E-state index contributed by atoms with van der Waals surface area (Å²) in [5.74, 6) is -0.157. The van der Waals surface area contributed by atoms with E-state index in [0.29, 0.717) is 12.1 Å². The van der Waals surface area contributed by atoms with Crippen LogP contribution in [-0.2, 0) is 11.3 Å². The Morgan fingerprint density at radius 1 is 1.24 bits per heavy atom. The van der Waals surface area contributed by atoms with Gasteiger partial charge in [0.15, 0.2) is 0 Å². The normalized spacial score (nSPS) is 14.9. The number of hydrogen-bond donors (Lipinski definition) is 2. The van der Waals surface area contributed by atoms with Gasteiger partial charge in [-0.1, -0.05) is 6.07 Å². The SMILES string of the molecule is O=C(NCc1ccccn1)c1cncc(NCCN2CCOCC2)c1. The molecule has 1 saturated heterocycles. The number of carbonyl (C=O) groups excluding carboxylic acids is 1. The number of nitrogens with one attached hydrogen (secondary N) is 2. The first kappa shape index (κ1) is 17.3. The summed E-state index contributed by atoms with van der Waals surface area (Å²) in [5.41, 5.74) is 2.20. The third kappa shape index (κ3) is 5.51. The van der Waals surface area contributed by atoms with Crippen molar-refractivity contribution < 1.29 is 9.53 Å². The Hall–Kier alpha value is -2.51. The molecule has 1 aliphatic heterocycles. The van der Waals surface area contributed by atoms with Gasteiger partial charge in [-0.15, -0.1) is 0 Å². The second-order valence-corrected chi connectivity index (χ2v) is 5.85. The van der Waals surface area contributed by atoms with E-state index in [0.717, 1.165) is 50.8 Å². The van der Waals surface area contributed by atoms with E-state index in [2.05, 4.69) is 25.5 Å². The second kappa shape index (κ2) is 9.10. The summed E-state index contributed by atoms with van der Waals surface area (Å²) in [7, 11) is 0. The maximum absolute atomic E-state index is 12.3. The third-order valence-corrected chi connectivity index (χ3v) is 4.02. The molecule has 3 heterocycles. The van der Waals surface area contributed by atoms with Crippen molar-refractivity contribution in [3.8, 4) is 0 Å². The van der Waals surface area contributed by atoms with E-state index < -0.39 is 0 Å². The van der Waals surface area contributed by atoms with Crippen LogP contribution in [0.15, 0.2) is 42.9 Å². The van der Waals surface area contributed by atoms with Gasteiger partial charge in [-0.2, -0.15) is 0 Å². The minimum Gasteiger partial charge on any atom is -0.382 e. The van der Waals surface area contributed by atoms with Crippen LogP contribution >= 0.6 is 0 Å². The molecule has 2 N–H and O–H groups in total. The molecule has 132 valence electrons. The van der Waals surface area contributed by atoms with Crippen molar-refractivity contribution in [2.75, 3.05) is 44.7 Å². The molecule has 0 atom stereocenters. The lowest BCUT2D eigenvalue weighted by atomic mass is 10.2. The number of carbonyl (C=O) groups is 1. The Morgan fingerprint density at radius 3 is 2.92 bits per heavy atom. The lowest BCUT2D eigenvalue weighted by Crippen LogP contribution is -2.39. The number of anilines is 1. The largest absolute Gasteiger partial charge is 0.382 e. The van der Waals surface area contributed by atoms with E-state index in [-0.39, 0.29) is 5.91 Å². The fraction of sp³-hybridized carbons (Fsp3) is 0.389. The molecule has 0 aliphatic carbocycles. The van der Waals surface area contributed by atoms with Gasteiger partial charge in [0.05, 0.1) is 36.7 Å². The standard InChI is InChI=1S/C18H23N5O2/c24-18(22-14-16-3-1-2-4-20-16)15-11-17(13-19-12-15)21-5-6-23-7-9-25-10-8-23/h1-4,11-13,21H,5-10,14H2,(H,22,24). The van der Waals surface area contributed by atoms with Crippen molar-refractivity contribution in [3.63, 3.8) is 0 Å². The van der Waals surface area contributed by atoms with Crippen LogP contribution in [-0.4, -0.2) is 60.2 Å². The van der Waals surface area contributed by atoms with Crippen molar-refractivity contribution >= 4 is 11.6 Å². The molecule has 1 amide bonds. The molecule has 1 aliphatic rings. The number of aromatic nitrogens is 2. The Kier molecular flexibility index (Phi) is 6.30. The maximum Gasteiger partial charge on any atom is 0.253 e. The van der Waals surface area contributed by atoms with E-state index in [1.54, 1.807) is 18.6 Å². The lowest BCUT2D eigenvalue weighted by molar-refractivity contribution is 0.0398. The number of nitrogens with zero attached hydrogens (tertiary/aromatic N) is 3. The van der Waals surface area contributed by atoms with Gasteiger partial charge < -0.3 is 15.4 Å². The summed E-state index contributed by atoms with van der Waals surface area (Å²) >= 11 is 0. The average molecular weight is 341 g/mol. The van der Waals surface area contributed by atoms with Gasteiger partial charge >= 0.3 is 0 Å². The molecule has 0 unspecified atom stereocenters. The molecular weight excluding hydrogens is 318 g/mol. The first-order valence-corrected chi connectivity index (χ1v) is 8.48. The van der Waals surface area contributed by atoms with Gasteiger partial charge in [-0.05, 0) is 18.2 Å². The van der Waals surface area contributed by atoms with Crippen molar-refractivity contribution in [3.05, 3.63) is 54.1 Å². The second-order valence-electron chi connectivity index (χ2n) is 5.85. The topological polar surface area (TPSA) is 79.4 Å². The van der Waals surface area contributed by atoms with Gasteiger partial charge in [0, 0.05) is 44.8 Å². The van der Waals surface area contributed by atoms with Gasteiger partial charge in [0.2, 0.25) is 0 Å². The zero-order valence-corrected chi connectivity index (χ0v) is 14.1. The fourth-order valence-corrected chi connectivity index (χ4v) is 2.62. The highest BCUT2D eigenvalue weighted by Gasteiger charge is 2.10. The molecule has 0 saturated carbocycles. The first-order chi connectivity index (χ1) is 12.3. The Labute approximate surface area is 147 Å². The first-order valence-electron chi connectivity index (χ1n) is 8.48.